The van der Waals surface area contributed by atoms with Crippen molar-refractivity contribution in [2.24, 2.45) is 5.92 Å². The SMILES string of the molecule is CCC(CC1CC1)NCC(Br)C(=O)OC. The maximum atomic E-state index is 11.1. The molecule has 0 heterocycles. The first-order valence-corrected chi connectivity index (χ1v) is 6.54. The van der Waals surface area contributed by atoms with Crippen molar-refractivity contribution >= 4 is 21.9 Å². The first kappa shape index (κ1) is 13.0. The molecule has 1 N–H and O–H groups in total. The van der Waals surface area contributed by atoms with Crippen LogP contribution in [0.4, 0.5) is 0 Å². The van der Waals surface area contributed by atoms with Crippen LogP contribution in [0.25, 0.3) is 0 Å². The van der Waals surface area contributed by atoms with Gasteiger partial charge in [-0.15, -0.1) is 0 Å². The van der Waals surface area contributed by atoms with Gasteiger partial charge in [-0.2, -0.15) is 0 Å². The number of carbonyl (C=O) groups is 1. The number of methoxy groups -OCH3 is 1. The number of halogens is 1. The Kier molecular flexibility index (Phi) is 5.61. The summed E-state index contributed by atoms with van der Waals surface area (Å²) in [6.45, 7) is 2.83. The second kappa shape index (κ2) is 6.48. The summed E-state index contributed by atoms with van der Waals surface area (Å²) >= 11 is 3.31. The van der Waals surface area contributed by atoms with E-state index in [1.807, 2.05) is 0 Å². The van der Waals surface area contributed by atoms with Gasteiger partial charge in [-0.05, 0) is 18.8 Å². The van der Waals surface area contributed by atoms with Crippen LogP contribution in [-0.4, -0.2) is 30.5 Å². The number of carbonyl (C=O) groups excluding carboxylic acids is 1. The molecule has 0 aromatic rings. The summed E-state index contributed by atoms with van der Waals surface area (Å²) in [4.78, 5) is 10.9. The highest BCUT2D eigenvalue weighted by Crippen LogP contribution is 2.34. The van der Waals surface area contributed by atoms with E-state index in [0.29, 0.717) is 12.6 Å². The van der Waals surface area contributed by atoms with Gasteiger partial charge in [0.2, 0.25) is 0 Å². The van der Waals surface area contributed by atoms with E-state index in [1.165, 1.54) is 26.4 Å². The largest absolute Gasteiger partial charge is 0.468 e. The summed E-state index contributed by atoms with van der Waals surface area (Å²) in [7, 11) is 1.41. The maximum absolute atomic E-state index is 11.1. The number of rotatable bonds is 7. The van der Waals surface area contributed by atoms with Gasteiger partial charge >= 0.3 is 5.97 Å². The molecule has 2 unspecified atom stereocenters. The van der Waals surface area contributed by atoms with E-state index < -0.39 is 0 Å². The van der Waals surface area contributed by atoms with Crippen LogP contribution in [0, 0.1) is 5.92 Å². The van der Waals surface area contributed by atoms with Crippen molar-refractivity contribution in [1.82, 2.24) is 5.32 Å². The minimum atomic E-state index is -0.226. The fourth-order valence-electron chi connectivity index (χ4n) is 1.63. The Bertz CT molecular complexity index is 207. The molecule has 4 heteroatoms. The molecule has 1 rings (SSSR count). The normalized spacial score (nSPS) is 19.7. The minimum Gasteiger partial charge on any atom is -0.468 e. The zero-order valence-electron chi connectivity index (χ0n) is 9.46. The second-order valence-electron chi connectivity index (χ2n) is 4.18. The molecule has 0 aromatic heterocycles. The molecule has 0 bridgehead atoms. The Hall–Kier alpha value is -0.0900. The topological polar surface area (TPSA) is 38.3 Å². The van der Waals surface area contributed by atoms with Crippen molar-refractivity contribution < 1.29 is 9.53 Å². The van der Waals surface area contributed by atoms with Crippen molar-refractivity contribution in [3.63, 3.8) is 0 Å². The van der Waals surface area contributed by atoms with Crippen molar-refractivity contribution in [2.75, 3.05) is 13.7 Å². The monoisotopic (exact) mass is 277 g/mol. The average molecular weight is 278 g/mol. The Morgan fingerprint density at radius 3 is 2.73 bits per heavy atom. The van der Waals surface area contributed by atoms with Gasteiger partial charge in [0.15, 0.2) is 0 Å². The van der Waals surface area contributed by atoms with Crippen molar-refractivity contribution in [1.29, 1.82) is 0 Å². The number of nitrogens with one attached hydrogen (secondary N) is 1. The summed E-state index contributed by atoms with van der Waals surface area (Å²) in [5.74, 6) is 0.720. The third kappa shape index (κ3) is 4.98. The second-order valence-corrected chi connectivity index (χ2v) is 5.29. The fourth-order valence-corrected chi connectivity index (χ4v) is 2.01. The molecular weight excluding hydrogens is 258 g/mol. The summed E-state index contributed by atoms with van der Waals surface area (Å²) in [5.41, 5.74) is 0. The zero-order chi connectivity index (χ0) is 11.3. The van der Waals surface area contributed by atoms with Crippen LogP contribution in [0.5, 0.6) is 0 Å². The number of hydrogen-bond donors (Lipinski definition) is 1. The molecule has 15 heavy (non-hydrogen) atoms. The lowest BCUT2D eigenvalue weighted by atomic mass is 10.1. The third-order valence-electron chi connectivity index (χ3n) is 2.85. The lowest BCUT2D eigenvalue weighted by molar-refractivity contribution is -0.139. The number of hydrogen-bond acceptors (Lipinski definition) is 3. The van der Waals surface area contributed by atoms with Gasteiger partial charge in [0.25, 0.3) is 0 Å². The molecule has 0 aliphatic heterocycles. The van der Waals surface area contributed by atoms with E-state index in [1.54, 1.807) is 0 Å². The molecule has 0 spiro atoms. The predicted octanol–water partition coefficient (Wildman–Crippen LogP) is 2.09. The van der Waals surface area contributed by atoms with Gasteiger partial charge in [0.05, 0.1) is 7.11 Å². The van der Waals surface area contributed by atoms with E-state index in [0.717, 1.165) is 12.3 Å². The summed E-state index contributed by atoms with van der Waals surface area (Å²) in [6.07, 6.45) is 5.13. The summed E-state index contributed by atoms with van der Waals surface area (Å²) < 4.78 is 4.65. The molecule has 0 radical (unpaired) electrons. The molecule has 1 aliphatic carbocycles. The lowest BCUT2D eigenvalue weighted by Crippen LogP contribution is -2.36. The van der Waals surface area contributed by atoms with Crippen LogP contribution in [0.1, 0.15) is 32.6 Å². The quantitative estimate of drug-likeness (QED) is 0.572. The van der Waals surface area contributed by atoms with Crippen LogP contribution >= 0.6 is 15.9 Å². The molecule has 0 aromatic carbocycles. The van der Waals surface area contributed by atoms with Crippen molar-refractivity contribution in [2.45, 2.75) is 43.5 Å². The molecule has 0 saturated heterocycles. The molecule has 1 saturated carbocycles. The Morgan fingerprint density at radius 2 is 2.27 bits per heavy atom. The van der Waals surface area contributed by atoms with E-state index in [2.05, 4.69) is 32.9 Å². The Morgan fingerprint density at radius 1 is 1.60 bits per heavy atom. The van der Waals surface area contributed by atoms with Crippen molar-refractivity contribution in [3.05, 3.63) is 0 Å². The lowest BCUT2D eigenvalue weighted by Gasteiger charge is -2.18. The van der Waals surface area contributed by atoms with Gasteiger partial charge in [0.1, 0.15) is 4.83 Å². The molecule has 3 nitrogen and oxygen atoms in total. The van der Waals surface area contributed by atoms with Gasteiger partial charge in [-0.25, -0.2) is 0 Å². The third-order valence-corrected chi connectivity index (χ3v) is 3.55. The first-order chi connectivity index (χ1) is 7.17. The number of alkyl halides is 1. The first-order valence-electron chi connectivity index (χ1n) is 5.62. The molecule has 1 fully saturated rings. The van der Waals surface area contributed by atoms with Crippen LogP contribution < -0.4 is 5.32 Å². The highest BCUT2D eigenvalue weighted by atomic mass is 79.9. The highest BCUT2D eigenvalue weighted by molar-refractivity contribution is 9.10. The van der Waals surface area contributed by atoms with E-state index in [4.69, 9.17) is 0 Å². The van der Waals surface area contributed by atoms with Gasteiger partial charge < -0.3 is 10.1 Å². The summed E-state index contributed by atoms with van der Waals surface area (Å²) in [6, 6.07) is 0.544. The summed E-state index contributed by atoms with van der Waals surface area (Å²) in [5, 5.41) is 3.41. The van der Waals surface area contributed by atoms with E-state index >= 15 is 0 Å². The highest BCUT2D eigenvalue weighted by Gasteiger charge is 2.25. The van der Waals surface area contributed by atoms with Crippen molar-refractivity contribution in [3.8, 4) is 0 Å². The predicted molar refractivity (Wildman–Crippen MR) is 64.2 cm³/mol. The zero-order valence-corrected chi connectivity index (χ0v) is 11.0. The van der Waals surface area contributed by atoms with E-state index in [9.17, 15) is 4.79 Å². The molecule has 2 atom stereocenters. The molecule has 0 amide bonds. The van der Waals surface area contributed by atoms with Crippen LogP contribution in [0.3, 0.4) is 0 Å². The Labute approximate surface area is 100 Å². The fraction of sp³-hybridized carbons (Fsp3) is 0.909. The van der Waals surface area contributed by atoms with Crippen LogP contribution in [-0.2, 0) is 9.53 Å². The van der Waals surface area contributed by atoms with Crippen LogP contribution in [0.15, 0.2) is 0 Å². The maximum Gasteiger partial charge on any atom is 0.320 e. The number of esters is 1. The van der Waals surface area contributed by atoms with E-state index in [-0.39, 0.29) is 10.8 Å². The van der Waals surface area contributed by atoms with Gasteiger partial charge in [0, 0.05) is 12.6 Å². The molecule has 88 valence electrons. The smallest absolute Gasteiger partial charge is 0.320 e. The molecular formula is C11H20BrNO2. The standard InChI is InChI=1S/C11H20BrNO2/c1-3-9(6-8-4-5-8)13-7-10(12)11(14)15-2/h8-10,13H,3-7H2,1-2H3. The van der Waals surface area contributed by atoms with Crippen LogP contribution in [0.2, 0.25) is 0 Å². The minimum absolute atomic E-state index is 0.205. The van der Waals surface area contributed by atoms with Gasteiger partial charge in [-0.3, -0.25) is 4.79 Å². The van der Waals surface area contributed by atoms with Gasteiger partial charge in [-0.1, -0.05) is 35.7 Å². The average Bonchev–Trinajstić information content (AvgIpc) is 3.06. The Balaban J connectivity index is 2.17. The number of ether oxygens (including phenoxy) is 1. The molecule has 1 aliphatic rings.